The van der Waals surface area contributed by atoms with Crippen molar-refractivity contribution in [2.24, 2.45) is 17.3 Å². The summed E-state index contributed by atoms with van der Waals surface area (Å²) in [5.41, 5.74) is 1.09. The van der Waals surface area contributed by atoms with E-state index in [4.69, 9.17) is 0 Å². The van der Waals surface area contributed by atoms with Crippen molar-refractivity contribution in [3.05, 3.63) is 35.9 Å². The Labute approximate surface area is 130 Å². The molecule has 1 aromatic carbocycles. The zero-order valence-corrected chi connectivity index (χ0v) is 12.9. The molecule has 0 bridgehead atoms. The highest BCUT2D eigenvalue weighted by Gasteiger charge is 2.58. The summed E-state index contributed by atoms with van der Waals surface area (Å²) in [7, 11) is 0. The number of hydrogen-bond donors (Lipinski definition) is 2. The maximum Gasteiger partial charge on any atom is 0.308 e. The fourth-order valence-electron chi connectivity index (χ4n) is 3.90. The lowest BCUT2D eigenvalue weighted by Crippen LogP contribution is -2.37. The van der Waals surface area contributed by atoms with E-state index in [0.717, 1.165) is 24.8 Å². The number of rotatable bonds is 5. The van der Waals surface area contributed by atoms with Crippen LogP contribution in [0.5, 0.6) is 0 Å². The molecule has 2 saturated carbocycles. The van der Waals surface area contributed by atoms with Crippen LogP contribution >= 0.6 is 0 Å². The van der Waals surface area contributed by atoms with Gasteiger partial charge in [-0.2, -0.15) is 0 Å². The molecule has 0 aromatic heterocycles. The average Bonchev–Trinajstić information content (AvgIpc) is 3.02. The van der Waals surface area contributed by atoms with Crippen LogP contribution < -0.4 is 5.32 Å². The van der Waals surface area contributed by atoms with Gasteiger partial charge in [-0.05, 0) is 37.2 Å². The van der Waals surface area contributed by atoms with Gasteiger partial charge < -0.3 is 10.4 Å². The summed E-state index contributed by atoms with van der Waals surface area (Å²) < 4.78 is 0. The Balaban J connectivity index is 1.73. The molecule has 0 aliphatic heterocycles. The van der Waals surface area contributed by atoms with Crippen LogP contribution in [0.15, 0.2) is 30.3 Å². The van der Waals surface area contributed by atoms with Gasteiger partial charge in [-0.3, -0.25) is 9.59 Å². The van der Waals surface area contributed by atoms with Gasteiger partial charge in [-0.25, -0.2) is 0 Å². The molecule has 2 aliphatic carbocycles. The maximum absolute atomic E-state index is 12.6. The minimum Gasteiger partial charge on any atom is -0.481 e. The summed E-state index contributed by atoms with van der Waals surface area (Å²) in [6.45, 7) is 1.65. The van der Waals surface area contributed by atoms with Gasteiger partial charge in [-0.15, -0.1) is 0 Å². The summed E-state index contributed by atoms with van der Waals surface area (Å²) in [5, 5.41) is 12.3. The van der Waals surface area contributed by atoms with Crippen LogP contribution in [-0.4, -0.2) is 17.0 Å². The van der Waals surface area contributed by atoms with Crippen molar-refractivity contribution < 1.29 is 14.7 Å². The third-order valence-corrected chi connectivity index (χ3v) is 5.45. The normalized spacial score (nSPS) is 24.7. The molecule has 4 nitrogen and oxygen atoms in total. The third kappa shape index (κ3) is 2.74. The van der Waals surface area contributed by atoms with Crippen molar-refractivity contribution in [1.82, 2.24) is 5.32 Å². The highest BCUT2D eigenvalue weighted by atomic mass is 16.4. The molecule has 2 fully saturated rings. The molecule has 4 heteroatoms. The lowest BCUT2D eigenvalue weighted by atomic mass is 9.93. The largest absolute Gasteiger partial charge is 0.481 e. The Morgan fingerprint density at radius 1 is 1.23 bits per heavy atom. The molecule has 2 N–H and O–H groups in total. The molecule has 3 rings (SSSR count). The van der Waals surface area contributed by atoms with Gasteiger partial charge in [0, 0.05) is 5.92 Å². The van der Waals surface area contributed by atoms with Crippen LogP contribution in [0.25, 0.3) is 0 Å². The standard InChI is InChI=1S/C18H23NO3/c1-12(17(21)22)15(13-7-3-2-4-8-13)19-16(20)14-11-18(14)9-5-6-10-18/h2-4,7-8,12,14-15H,5-6,9-11H2,1H3,(H,19,20)(H,21,22). The lowest BCUT2D eigenvalue weighted by Gasteiger charge is -2.23. The van der Waals surface area contributed by atoms with Crippen molar-refractivity contribution in [3.63, 3.8) is 0 Å². The molecule has 2 aliphatic rings. The first-order chi connectivity index (χ1) is 10.5. The summed E-state index contributed by atoms with van der Waals surface area (Å²) in [6.07, 6.45) is 5.71. The van der Waals surface area contributed by atoms with E-state index in [1.165, 1.54) is 12.8 Å². The zero-order chi connectivity index (χ0) is 15.7. The van der Waals surface area contributed by atoms with E-state index >= 15 is 0 Å². The molecule has 3 unspecified atom stereocenters. The summed E-state index contributed by atoms with van der Waals surface area (Å²) in [5.74, 6) is -1.42. The number of carboxylic acids is 1. The van der Waals surface area contributed by atoms with Gasteiger partial charge in [0.2, 0.25) is 5.91 Å². The topological polar surface area (TPSA) is 66.4 Å². The first-order valence-corrected chi connectivity index (χ1v) is 8.12. The molecule has 22 heavy (non-hydrogen) atoms. The third-order valence-electron chi connectivity index (χ3n) is 5.45. The van der Waals surface area contributed by atoms with Gasteiger partial charge in [0.25, 0.3) is 0 Å². The zero-order valence-electron chi connectivity index (χ0n) is 12.9. The van der Waals surface area contributed by atoms with Crippen LogP contribution in [-0.2, 0) is 9.59 Å². The van der Waals surface area contributed by atoms with E-state index < -0.39 is 17.9 Å². The summed E-state index contributed by atoms with van der Waals surface area (Å²) in [6, 6.07) is 8.93. The number of carbonyl (C=O) groups is 2. The van der Waals surface area contributed by atoms with Crippen LogP contribution in [0.3, 0.4) is 0 Å². The second kappa shape index (κ2) is 5.75. The number of nitrogens with one attached hydrogen (secondary N) is 1. The Morgan fingerprint density at radius 2 is 1.86 bits per heavy atom. The van der Waals surface area contributed by atoms with Crippen molar-refractivity contribution in [2.45, 2.75) is 45.1 Å². The molecule has 0 radical (unpaired) electrons. The van der Waals surface area contributed by atoms with E-state index in [2.05, 4.69) is 5.32 Å². The average molecular weight is 301 g/mol. The van der Waals surface area contributed by atoms with Crippen molar-refractivity contribution in [3.8, 4) is 0 Å². The van der Waals surface area contributed by atoms with E-state index in [-0.39, 0.29) is 17.2 Å². The number of hydrogen-bond acceptors (Lipinski definition) is 2. The first-order valence-electron chi connectivity index (χ1n) is 8.12. The second-order valence-corrected chi connectivity index (χ2v) is 6.85. The Morgan fingerprint density at radius 3 is 2.45 bits per heavy atom. The highest BCUT2D eigenvalue weighted by molar-refractivity contribution is 5.84. The Bertz CT molecular complexity index is 563. The Kier molecular flexibility index (Phi) is 3.94. The number of carboxylic acid groups (broad SMARTS) is 1. The monoisotopic (exact) mass is 301 g/mol. The van der Waals surface area contributed by atoms with Crippen LogP contribution in [0.1, 0.15) is 50.6 Å². The quantitative estimate of drug-likeness (QED) is 0.878. The van der Waals surface area contributed by atoms with Gasteiger partial charge in [0.05, 0.1) is 12.0 Å². The van der Waals surface area contributed by atoms with Crippen LogP contribution in [0.4, 0.5) is 0 Å². The van der Waals surface area contributed by atoms with Gasteiger partial charge in [0.1, 0.15) is 0 Å². The van der Waals surface area contributed by atoms with Crippen molar-refractivity contribution >= 4 is 11.9 Å². The predicted octanol–water partition coefficient (Wildman–Crippen LogP) is 3.14. The Hall–Kier alpha value is -1.84. The summed E-state index contributed by atoms with van der Waals surface area (Å²) >= 11 is 0. The van der Waals surface area contributed by atoms with E-state index in [1.807, 2.05) is 30.3 Å². The first kappa shape index (κ1) is 15.1. The number of amides is 1. The van der Waals surface area contributed by atoms with E-state index in [0.29, 0.717) is 0 Å². The number of benzene rings is 1. The minimum absolute atomic E-state index is 0.0313. The highest BCUT2D eigenvalue weighted by Crippen LogP contribution is 2.62. The van der Waals surface area contributed by atoms with Crippen molar-refractivity contribution in [1.29, 1.82) is 0 Å². The smallest absolute Gasteiger partial charge is 0.308 e. The maximum atomic E-state index is 12.6. The van der Waals surface area contributed by atoms with Crippen LogP contribution in [0.2, 0.25) is 0 Å². The van der Waals surface area contributed by atoms with E-state index in [9.17, 15) is 14.7 Å². The van der Waals surface area contributed by atoms with Crippen LogP contribution in [0, 0.1) is 17.3 Å². The fraction of sp³-hybridized carbons (Fsp3) is 0.556. The SMILES string of the molecule is CC(C(=O)O)C(NC(=O)C1CC12CCCC2)c1ccccc1. The molecule has 1 spiro atoms. The molecule has 1 aromatic rings. The minimum atomic E-state index is -0.888. The van der Waals surface area contributed by atoms with Gasteiger partial charge >= 0.3 is 5.97 Å². The fourth-order valence-corrected chi connectivity index (χ4v) is 3.90. The lowest BCUT2D eigenvalue weighted by molar-refractivity contribution is -0.142. The van der Waals surface area contributed by atoms with E-state index in [1.54, 1.807) is 6.92 Å². The number of aliphatic carboxylic acids is 1. The van der Waals surface area contributed by atoms with Crippen molar-refractivity contribution in [2.75, 3.05) is 0 Å². The molecule has 0 saturated heterocycles. The molecule has 1 amide bonds. The molecule has 3 atom stereocenters. The molecular formula is C18H23NO3. The van der Waals surface area contributed by atoms with Gasteiger partial charge in [0.15, 0.2) is 0 Å². The molecular weight excluding hydrogens is 278 g/mol. The number of carbonyl (C=O) groups excluding carboxylic acids is 1. The summed E-state index contributed by atoms with van der Waals surface area (Å²) in [4.78, 5) is 24.0. The second-order valence-electron chi connectivity index (χ2n) is 6.85. The molecule has 118 valence electrons. The predicted molar refractivity (Wildman–Crippen MR) is 83.1 cm³/mol. The van der Waals surface area contributed by atoms with Gasteiger partial charge in [-0.1, -0.05) is 43.2 Å². The molecule has 0 heterocycles.